The average Bonchev–Trinajstić information content (AvgIpc) is 3.62. The van der Waals surface area contributed by atoms with Crippen molar-refractivity contribution in [3.8, 4) is 5.75 Å². The van der Waals surface area contributed by atoms with Crippen LogP contribution in [0.15, 0.2) is 47.7 Å². The molecule has 3 aromatic rings. The Morgan fingerprint density at radius 3 is 2.73 bits per heavy atom. The highest BCUT2D eigenvalue weighted by Crippen LogP contribution is 2.34. The predicted molar refractivity (Wildman–Crippen MR) is 167 cm³/mol. The molecular formula is C32H37N7O5. The summed E-state index contributed by atoms with van der Waals surface area (Å²) in [5, 5.41) is 5.73. The van der Waals surface area contributed by atoms with Crippen molar-refractivity contribution in [3.05, 3.63) is 59.5 Å². The van der Waals surface area contributed by atoms with E-state index in [1.54, 1.807) is 30.1 Å². The van der Waals surface area contributed by atoms with Gasteiger partial charge >= 0.3 is 0 Å². The van der Waals surface area contributed by atoms with Crippen molar-refractivity contribution in [3.63, 3.8) is 0 Å². The number of morpholine rings is 1. The summed E-state index contributed by atoms with van der Waals surface area (Å²) < 4.78 is 13.0. The molecule has 0 saturated carbocycles. The highest BCUT2D eigenvalue weighted by atomic mass is 16.5. The fourth-order valence-corrected chi connectivity index (χ4v) is 5.76. The summed E-state index contributed by atoms with van der Waals surface area (Å²) in [6.07, 6.45) is 7.87. The van der Waals surface area contributed by atoms with Gasteiger partial charge < -0.3 is 34.5 Å². The van der Waals surface area contributed by atoms with Crippen molar-refractivity contribution in [1.29, 1.82) is 0 Å². The van der Waals surface area contributed by atoms with Crippen LogP contribution in [-0.4, -0.2) is 83.9 Å². The molecule has 6 rings (SSSR count). The van der Waals surface area contributed by atoms with Gasteiger partial charge in [-0.05, 0) is 56.0 Å². The molecule has 3 aliphatic rings. The standard InChI is InChI=1S/C32H37N7O5/c1-21-15-25-26(33-19-24-5-3-9-39(24)32(25)42)17-28(21)44-12-4-6-30(40)35-23-16-27(37(2)20-23)31(41)36-22-7-8-29(34-18-22)38-10-13-43-14-11-38/h7-8,15-20,24H,3-6,9-14H2,1-2H3,(H,35,40)(H,36,41)/t24-/m0/s1. The quantitative estimate of drug-likeness (QED) is 0.357. The minimum atomic E-state index is -0.301. The third-order valence-electron chi connectivity index (χ3n) is 8.14. The van der Waals surface area contributed by atoms with Gasteiger partial charge in [0.2, 0.25) is 5.91 Å². The normalized spacial score (nSPS) is 17.6. The number of carbonyl (C=O) groups is 3. The van der Waals surface area contributed by atoms with Crippen LogP contribution in [0.25, 0.3) is 0 Å². The monoisotopic (exact) mass is 599 g/mol. The lowest BCUT2D eigenvalue weighted by molar-refractivity contribution is -0.116. The van der Waals surface area contributed by atoms with Crippen molar-refractivity contribution in [1.82, 2.24) is 14.5 Å². The number of amides is 3. The van der Waals surface area contributed by atoms with Gasteiger partial charge in [0.05, 0.1) is 54.7 Å². The van der Waals surface area contributed by atoms with Crippen LogP contribution < -0.4 is 20.3 Å². The number of carbonyl (C=O) groups excluding carboxylic acids is 3. The highest BCUT2D eigenvalue weighted by molar-refractivity contribution is 6.05. The Morgan fingerprint density at radius 2 is 1.93 bits per heavy atom. The number of aryl methyl sites for hydroxylation is 2. The van der Waals surface area contributed by atoms with E-state index in [1.807, 2.05) is 42.3 Å². The number of aliphatic imine (C=N–C) groups is 1. The second kappa shape index (κ2) is 12.9. The predicted octanol–water partition coefficient (Wildman–Crippen LogP) is 3.94. The Kier molecular flexibility index (Phi) is 8.60. The Balaban J connectivity index is 0.979. The third kappa shape index (κ3) is 6.45. The Hall–Kier alpha value is -4.71. The molecule has 0 bridgehead atoms. The second-order valence-corrected chi connectivity index (χ2v) is 11.3. The molecule has 2 N–H and O–H groups in total. The first kappa shape index (κ1) is 29.4. The van der Waals surface area contributed by atoms with Gasteiger partial charge in [0, 0.05) is 51.6 Å². The zero-order valence-electron chi connectivity index (χ0n) is 25.0. The molecule has 0 spiro atoms. The molecular weight excluding hydrogens is 562 g/mol. The molecule has 0 radical (unpaired) electrons. The van der Waals surface area contributed by atoms with Crippen molar-refractivity contribution < 1.29 is 23.9 Å². The van der Waals surface area contributed by atoms with Gasteiger partial charge in [0.1, 0.15) is 17.3 Å². The summed E-state index contributed by atoms with van der Waals surface area (Å²) in [7, 11) is 1.75. The van der Waals surface area contributed by atoms with Crippen LogP contribution in [0.2, 0.25) is 0 Å². The molecule has 1 aromatic carbocycles. The summed E-state index contributed by atoms with van der Waals surface area (Å²) in [5.41, 5.74) is 3.60. The first-order chi connectivity index (χ1) is 21.4. The molecule has 3 aliphatic heterocycles. The number of benzene rings is 1. The van der Waals surface area contributed by atoms with Crippen LogP contribution in [0, 0.1) is 6.92 Å². The van der Waals surface area contributed by atoms with E-state index in [1.165, 1.54) is 0 Å². The minimum Gasteiger partial charge on any atom is -0.493 e. The first-order valence-electron chi connectivity index (χ1n) is 15.0. The molecule has 2 saturated heterocycles. The van der Waals surface area contributed by atoms with E-state index < -0.39 is 0 Å². The number of hydrogen-bond donors (Lipinski definition) is 2. The lowest BCUT2D eigenvalue weighted by Gasteiger charge is -2.27. The average molecular weight is 600 g/mol. The molecule has 230 valence electrons. The molecule has 44 heavy (non-hydrogen) atoms. The van der Waals surface area contributed by atoms with Crippen LogP contribution in [0.1, 0.15) is 52.1 Å². The van der Waals surface area contributed by atoms with Gasteiger partial charge in [-0.1, -0.05) is 0 Å². The largest absolute Gasteiger partial charge is 0.493 e. The number of pyridine rings is 1. The van der Waals surface area contributed by atoms with Crippen molar-refractivity contribution in [2.24, 2.45) is 12.0 Å². The molecule has 12 nitrogen and oxygen atoms in total. The van der Waals surface area contributed by atoms with E-state index in [0.29, 0.717) is 60.3 Å². The zero-order chi connectivity index (χ0) is 30.6. The molecule has 2 fully saturated rings. The second-order valence-electron chi connectivity index (χ2n) is 11.3. The van der Waals surface area contributed by atoms with E-state index >= 15 is 0 Å². The van der Waals surface area contributed by atoms with E-state index in [0.717, 1.165) is 43.9 Å². The minimum absolute atomic E-state index is 0.0167. The van der Waals surface area contributed by atoms with Crippen molar-refractivity contribution >= 4 is 46.8 Å². The molecule has 2 aromatic heterocycles. The molecule has 12 heteroatoms. The van der Waals surface area contributed by atoms with Crippen LogP contribution in [0.5, 0.6) is 5.75 Å². The fourth-order valence-electron chi connectivity index (χ4n) is 5.76. The zero-order valence-corrected chi connectivity index (χ0v) is 25.0. The number of hydrogen-bond acceptors (Lipinski definition) is 8. The lowest BCUT2D eigenvalue weighted by atomic mass is 10.1. The van der Waals surface area contributed by atoms with E-state index in [-0.39, 0.29) is 30.2 Å². The maximum Gasteiger partial charge on any atom is 0.272 e. The summed E-state index contributed by atoms with van der Waals surface area (Å²) in [5.74, 6) is 1.04. The van der Waals surface area contributed by atoms with Crippen molar-refractivity contribution in [2.45, 2.75) is 38.6 Å². The molecule has 0 aliphatic carbocycles. The SMILES string of the molecule is Cc1cc2c(cc1OCCCC(=O)Nc1cc(C(=O)Nc3ccc(N4CCOCC4)nc3)n(C)c1)N=C[C@@H]1CCCN1C2=O. The maximum absolute atomic E-state index is 13.0. The topological polar surface area (TPSA) is 130 Å². The van der Waals surface area contributed by atoms with Gasteiger partial charge in [-0.3, -0.25) is 19.4 Å². The number of anilines is 3. The maximum atomic E-state index is 13.0. The number of nitrogens with one attached hydrogen (secondary N) is 2. The number of fused-ring (bicyclic) bond motifs is 2. The third-order valence-corrected chi connectivity index (χ3v) is 8.14. The molecule has 5 heterocycles. The summed E-state index contributed by atoms with van der Waals surface area (Å²) >= 11 is 0. The Bertz CT molecular complexity index is 1580. The molecule has 3 amide bonds. The van der Waals surface area contributed by atoms with Crippen LogP contribution in [0.4, 0.5) is 22.9 Å². The number of nitrogens with zero attached hydrogens (tertiary/aromatic N) is 5. The van der Waals surface area contributed by atoms with Crippen LogP contribution in [0.3, 0.4) is 0 Å². The van der Waals surface area contributed by atoms with Crippen LogP contribution >= 0.6 is 0 Å². The Morgan fingerprint density at radius 1 is 1.09 bits per heavy atom. The van der Waals surface area contributed by atoms with Gasteiger partial charge in [-0.15, -0.1) is 0 Å². The van der Waals surface area contributed by atoms with Crippen molar-refractivity contribution in [2.75, 3.05) is 55.0 Å². The van der Waals surface area contributed by atoms with Gasteiger partial charge in [-0.2, -0.15) is 0 Å². The van der Waals surface area contributed by atoms with E-state index in [4.69, 9.17) is 9.47 Å². The first-order valence-corrected chi connectivity index (χ1v) is 15.0. The smallest absolute Gasteiger partial charge is 0.272 e. The van der Waals surface area contributed by atoms with E-state index in [2.05, 4.69) is 25.5 Å². The van der Waals surface area contributed by atoms with Gasteiger partial charge in [0.25, 0.3) is 11.8 Å². The van der Waals surface area contributed by atoms with Crippen LogP contribution in [-0.2, 0) is 16.6 Å². The van der Waals surface area contributed by atoms with Gasteiger partial charge in [0.15, 0.2) is 0 Å². The summed E-state index contributed by atoms with van der Waals surface area (Å²) in [6.45, 7) is 5.93. The molecule has 0 unspecified atom stereocenters. The molecule has 1 atom stereocenters. The van der Waals surface area contributed by atoms with Gasteiger partial charge in [-0.25, -0.2) is 4.98 Å². The summed E-state index contributed by atoms with van der Waals surface area (Å²) in [4.78, 5) is 51.6. The van der Waals surface area contributed by atoms with E-state index in [9.17, 15) is 14.4 Å². The Labute approximate surface area is 256 Å². The number of aromatic nitrogens is 2. The number of rotatable bonds is 9. The fraction of sp³-hybridized carbons (Fsp3) is 0.406. The summed E-state index contributed by atoms with van der Waals surface area (Å²) in [6, 6.07) is 9.07. The lowest BCUT2D eigenvalue weighted by Crippen LogP contribution is -2.36. The number of ether oxygens (including phenoxy) is 2. The highest BCUT2D eigenvalue weighted by Gasteiger charge is 2.32.